The van der Waals surface area contributed by atoms with Gasteiger partial charge in [-0.05, 0) is 67.6 Å². The Kier molecular flexibility index (Phi) is 4.63. The molecule has 1 heterocycles. The second kappa shape index (κ2) is 6.42. The minimum atomic E-state index is 0.183. The van der Waals surface area contributed by atoms with Crippen LogP contribution in [0, 0.1) is 0 Å². The predicted octanol–water partition coefficient (Wildman–Crippen LogP) is 6.47. The van der Waals surface area contributed by atoms with Crippen LogP contribution in [0.25, 0.3) is 0 Å². The third kappa shape index (κ3) is 3.31. The second-order valence-electron chi connectivity index (χ2n) is 7.15. The minimum absolute atomic E-state index is 0.183. The summed E-state index contributed by atoms with van der Waals surface area (Å²) in [6.07, 6.45) is 3.02. The van der Waals surface area contributed by atoms with Crippen molar-refractivity contribution in [2.75, 3.05) is 11.9 Å². The number of benzene rings is 2. The van der Waals surface area contributed by atoms with E-state index in [1.54, 1.807) is 12.1 Å². The van der Waals surface area contributed by atoms with E-state index in [1.807, 2.05) is 12.3 Å². The molecule has 0 amide bonds. The van der Waals surface area contributed by atoms with E-state index in [4.69, 9.17) is 23.2 Å². The van der Waals surface area contributed by atoms with Gasteiger partial charge in [-0.2, -0.15) is 0 Å². The van der Waals surface area contributed by atoms with Gasteiger partial charge in [0.2, 0.25) is 0 Å². The molecular weight excluding hydrogens is 339 g/mol. The van der Waals surface area contributed by atoms with Crippen molar-refractivity contribution in [1.29, 1.82) is 0 Å². The SMILES string of the molecule is CC1CC(C)(C)N(C)c2ccc(C=Nc3ccc(Cl)c(Cl)c3)cc21. The number of fused-ring (bicyclic) bond motifs is 1. The second-order valence-corrected chi connectivity index (χ2v) is 7.97. The molecule has 1 atom stereocenters. The van der Waals surface area contributed by atoms with Crippen LogP contribution in [0.15, 0.2) is 41.4 Å². The van der Waals surface area contributed by atoms with Crippen molar-refractivity contribution in [2.24, 2.45) is 4.99 Å². The summed E-state index contributed by atoms with van der Waals surface area (Å²) in [5.74, 6) is 0.532. The molecule has 0 aromatic heterocycles. The molecule has 0 fully saturated rings. The molecule has 1 unspecified atom stereocenters. The van der Waals surface area contributed by atoms with Gasteiger partial charge in [0.1, 0.15) is 0 Å². The highest BCUT2D eigenvalue weighted by Gasteiger charge is 2.33. The maximum atomic E-state index is 6.04. The average molecular weight is 361 g/mol. The van der Waals surface area contributed by atoms with Crippen LogP contribution >= 0.6 is 23.2 Å². The molecular formula is C20H22Cl2N2. The van der Waals surface area contributed by atoms with Crippen molar-refractivity contribution in [3.05, 3.63) is 57.6 Å². The van der Waals surface area contributed by atoms with Crippen molar-refractivity contribution in [2.45, 2.75) is 38.6 Å². The Morgan fingerprint density at radius 1 is 1.12 bits per heavy atom. The van der Waals surface area contributed by atoms with Gasteiger partial charge in [0.25, 0.3) is 0 Å². The number of halogens is 2. The van der Waals surface area contributed by atoms with E-state index in [2.05, 4.69) is 55.9 Å². The first kappa shape index (κ1) is 17.3. The fraction of sp³-hybridized carbons (Fsp3) is 0.350. The number of rotatable bonds is 2. The van der Waals surface area contributed by atoms with Crippen LogP contribution in [0.4, 0.5) is 11.4 Å². The lowest BCUT2D eigenvalue weighted by Crippen LogP contribution is -2.45. The first-order chi connectivity index (χ1) is 11.3. The molecule has 0 saturated carbocycles. The van der Waals surface area contributed by atoms with Crippen LogP contribution in [0.3, 0.4) is 0 Å². The molecule has 0 aliphatic carbocycles. The lowest BCUT2D eigenvalue weighted by Gasteiger charge is -2.45. The summed E-state index contributed by atoms with van der Waals surface area (Å²) in [5.41, 5.74) is 4.77. The number of nitrogens with zero attached hydrogens (tertiary/aromatic N) is 2. The van der Waals surface area contributed by atoms with Gasteiger partial charge >= 0.3 is 0 Å². The Morgan fingerprint density at radius 2 is 1.88 bits per heavy atom. The number of hydrogen-bond donors (Lipinski definition) is 0. The third-order valence-corrected chi connectivity index (χ3v) is 5.66. The van der Waals surface area contributed by atoms with Crippen molar-refractivity contribution in [3.8, 4) is 0 Å². The Morgan fingerprint density at radius 3 is 2.58 bits per heavy atom. The van der Waals surface area contributed by atoms with Crippen molar-refractivity contribution in [3.63, 3.8) is 0 Å². The van der Waals surface area contributed by atoms with Gasteiger partial charge < -0.3 is 4.90 Å². The number of hydrogen-bond acceptors (Lipinski definition) is 2. The quantitative estimate of drug-likeness (QED) is 0.560. The monoisotopic (exact) mass is 360 g/mol. The topological polar surface area (TPSA) is 15.6 Å². The van der Waals surface area contributed by atoms with Crippen molar-refractivity contribution >= 4 is 40.8 Å². The highest BCUT2D eigenvalue weighted by molar-refractivity contribution is 6.42. The summed E-state index contributed by atoms with van der Waals surface area (Å²) < 4.78 is 0. The van der Waals surface area contributed by atoms with Gasteiger partial charge in [-0.15, -0.1) is 0 Å². The summed E-state index contributed by atoms with van der Waals surface area (Å²) in [6, 6.07) is 12.0. The van der Waals surface area contributed by atoms with Gasteiger partial charge in [-0.25, -0.2) is 0 Å². The lowest BCUT2D eigenvalue weighted by atomic mass is 9.80. The zero-order chi connectivity index (χ0) is 17.5. The zero-order valence-corrected chi connectivity index (χ0v) is 16.0. The molecule has 0 N–H and O–H groups in total. The van der Waals surface area contributed by atoms with Crippen LogP contribution in [0.5, 0.6) is 0 Å². The predicted molar refractivity (Wildman–Crippen MR) is 106 cm³/mol. The molecule has 0 radical (unpaired) electrons. The molecule has 3 rings (SSSR count). The van der Waals surface area contributed by atoms with E-state index in [9.17, 15) is 0 Å². The van der Waals surface area contributed by atoms with Gasteiger partial charge in [-0.1, -0.05) is 36.2 Å². The van der Waals surface area contributed by atoms with Crippen LogP contribution < -0.4 is 4.90 Å². The smallest absolute Gasteiger partial charge is 0.0645 e. The van der Waals surface area contributed by atoms with E-state index < -0.39 is 0 Å². The normalized spacial score (nSPS) is 19.6. The van der Waals surface area contributed by atoms with Crippen molar-refractivity contribution in [1.82, 2.24) is 0 Å². The summed E-state index contributed by atoms with van der Waals surface area (Å²) in [6.45, 7) is 6.89. The summed E-state index contributed by atoms with van der Waals surface area (Å²) in [7, 11) is 2.17. The number of aliphatic imine (C=N–C) groups is 1. The molecule has 4 heteroatoms. The molecule has 0 bridgehead atoms. The third-order valence-electron chi connectivity index (χ3n) is 4.92. The van der Waals surface area contributed by atoms with E-state index in [-0.39, 0.29) is 5.54 Å². The van der Waals surface area contributed by atoms with E-state index in [0.717, 1.165) is 17.7 Å². The Bertz CT molecular complexity index is 796. The molecule has 0 spiro atoms. The molecule has 24 heavy (non-hydrogen) atoms. The Hall–Kier alpha value is -1.51. The van der Waals surface area contributed by atoms with Crippen LogP contribution in [-0.4, -0.2) is 18.8 Å². The van der Waals surface area contributed by atoms with Crippen LogP contribution in [-0.2, 0) is 0 Å². The fourth-order valence-electron chi connectivity index (χ4n) is 3.39. The van der Waals surface area contributed by atoms with Crippen LogP contribution in [0.2, 0.25) is 10.0 Å². The Labute approximate surface area is 154 Å². The maximum absolute atomic E-state index is 6.04. The van der Waals surface area contributed by atoms with Crippen LogP contribution in [0.1, 0.15) is 44.2 Å². The largest absolute Gasteiger partial charge is 0.369 e. The zero-order valence-electron chi connectivity index (χ0n) is 14.5. The molecule has 1 aliphatic rings. The molecule has 0 saturated heterocycles. The molecule has 126 valence electrons. The summed E-state index contributed by atoms with van der Waals surface area (Å²) in [4.78, 5) is 6.90. The van der Waals surface area contributed by atoms with Gasteiger partial charge in [-0.3, -0.25) is 4.99 Å². The van der Waals surface area contributed by atoms with E-state index in [1.165, 1.54) is 11.3 Å². The molecule has 1 aliphatic heterocycles. The van der Waals surface area contributed by atoms with E-state index in [0.29, 0.717) is 16.0 Å². The summed E-state index contributed by atoms with van der Waals surface area (Å²) >= 11 is 12.0. The Balaban J connectivity index is 1.90. The summed E-state index contributed by atoms with van der Waals surface area (Å²) in [5, 5.41) is 1.07. The molecule has 2 aromatic carbocycles. The lowest BCUT2D eigenvalue weighted by molar-refractivity contribution is 0.395. The highest BCUT2D eigenvalue weighted by atomic mass is 35.5. The first-order valence-corrected chi connectivity index (χ1v) is 8.90. The van der Waals surface area contributed by atoms with E-state index >= 15 is 0 Å². The minimum Gasteiger partial charge on any atom is -0.369 e. The standard InChI is InChI=1S/C20H22Cl2N2/c1-13-11-20(2,3)24(4)19-8-5-14(9-16(13)19)12-23-15-6-7-17(21)18(22)10-15/h5-10,12-13H,11H2,1-4H3. The van der Waals surface area contributed by atoms with Gasteiger partial charge in [0.05, 0.1) is 15.7 Å². The highest BCUT2D eigenvalue weighted by Crippen LogP contribution is 2.42. The van der Waals surface area contributed by atoms with Gasteiger partial charge in [0.15, 0.2) is 0 Å². The molecule has 2 aromatic rings. The average Bonchev–Trinajstić information content (AvgIpc) is 2.53. The number of anilines is 1. The molecule has 2 nitrogen and oxygen atoms in total. The first-order valence-electron chi connectivity index (χ1n) is 8.15. The maximum Gasteiger partial charge on any atom is 0.0645 e. The van der Waals surface area contributed by atoms with Gasteiger partial charge in [0, 0.05) is 24.5 Å². The van der Waals surface area contributed by atoms with Crippen molar-refractivity contribution < 1.29 is 0 Å². The fourth-order valence-corrected chi connectivity index (χ4v) is 3.68.